The lowest BCUT2D eigenvalue weighted by atomic mass is 10.1. The first-order chi connectivity index (χ1) is 10.1. The number of benzene rings is 1. The van der Waals surface area contributed by atoms with Crippen molar-refractivity contribution >= 4 is 27.7 Å². The highest BCUT2D eigenvalue weighted by Gasteiger charge is 2.28. The highest BCUT2D eigenvalue weighted by molar-refractivity contribution is 7.93. The molecule has 2 saturated heterocycles. The van der Waals surface area contributed by atoms with Gasteiger partial charge in [0.25, 0.3) is 0 Å². The van der Waals surface area contributed by atoms with Crippen LogP contribution in [0.3, 0.4) is 0 Å². The number of hydrogen-bond acceptors (Lipinski definition) is 3. The van der Waals surface area contributed by atoms with Crippen LogP contribution < -0.4 is 4.31 Å². The van der Waals surface area contributed by atoms with E-state index < -0.39 is 10.0 Å². The number of amides is 1. The van der Waals surface area contributed by atoms with Crippen molar-refractivity contribution in [3.8, 4) is 0 Å². The van der Waals surface area contributed by atoms with Gasteiger partial charge < -0.3 is 4.90 Å². The Balaban J connectivity index is 1.69. The minimum Gasteiger partial charge on any atom is -0.339 e. The maximum atomic E-state index is 11.8. The van der Waals surface area contributed by atoms with E-state index in [1.165, 1.54) is 4.31 Å². The van der Waals surface area contributed by atoms with Gasteiger partial charge in [-0.1, -0.05) is 12.1 Å². The summed E-state index contributed by atoms with van der Waals surface area (Å²) in [6, 6.07) is 7.25. The first-order valence-electron chi connectivity index (χ1n) is 7.14. The number of likely N-dealkylation sites (tertiary alicyclic amines) is 1. The van der Waals surface area contributed by atoms with Crippen LogP contribution >= 0.6 is 0 Å². The molecular formula is C15H18N2O3S. The summed E-state index contributed by atoms with van der Waals surface area (Å²) in [5.74, 6) is 0.256. The number of rotatable bonds is 3. The van der Waals surface area contributed by atoms with Crippen LogP contribution in [0, 0.1) is 0 Å². The summed E-state index contributed by atoms with van der Waals surface area (Å²) in [4.78, 5) is 13.5. The Morgan fingerprint density at radius 1 is 1.05 bits per heavy atom. The highest BCUT2D eigenvalue weighted by atomic mass is 32.2. The van der Waals surface area contributed by atoms with Crippen LogP contribution in [-0.2, 0) is 14.8 Å². The van der Waals surface area contributed by atoms with Gasteiger partial charge in [0.05, 0.1) is 11.4 Å². The van der Waals surface area contributed by atoms with Crippen molar-refractivity contribution in [2.75, 3.05) is 29.7 Å². The van der Waals surface area contributed by atoms with E-state index >= 15 is 0 Å². The molecule has 1 amide bonds. The van der Waals surface area contributed by atoms with E-state index in [2.05, 4.69) is 0 Å². The van der Waals surface area contributed by atoms with E-state index in [0.29, 0.717) is 18.7 Å². The molecule has 1 aromatic carbocycles. The van der Waals surface area contributed by atoms with Crippen molar-refractivity contribution in [1.82, 2.24) is 4.90 Å². The summed E-state index contributed by atoms with van der Waals surface area (Å²) in [5, 5.41) is 0. The Hall–Kier alpha value is -1.82. The third-order valence-electron chi connectivity index (χ3n) is 3.87. The Morgan fingerprint density at radius 3 is 2.29 bits per heavy atom. The molecule has 2 heterocycles. The third-order valence-corrected chi connectivity index (χ3v) is 5.74. The predicted molar refractivity (Wildman–Crippen MR) is 82.4 cm³/mol. The molecule has 0 aliphatic carbocycles. The fraction of sp³-hybridized carbons (Fsp3) is 0.400. The van der Waals surface area contributed by atoms with E-state index in [4.69, 9.17) is 0 Å². The number of anilines is 1. The van der Waals surface area contributed by atoms with Crippen molar-refractivity contribution in [2.24, 2.45) is 0 Å². The average molecular weight is 306 g/mol. The molecule has 0 N–H and O–H groups in total. The summed E-state index contributed by atoms with van der Waals surface area (Å²) < 4.78 is 25.1. The summed E-state index contributed by atoms with van der Waals surface area (Å²) >= 11 is 0. The molecule has 2 fully saturated rings. The molecule has 0 radical (unpaired) electrons. The molecule has 6 heteroatoms. The zero-order chi connectivity index (χ0) is 14.9. The number of hydrogen-bond donors (Lipinski definition) is 0. The zero-order valence-corrected chi connectivity index (χ0v) is 12.6. The normalized spacial score (nSPS) is 20.8. The fourth-order valence-corrected chi connectivity index (χ4v) is 4.06. The molecule has 0 atom stereocenters. The van der Waals surface area contributed by atoms with Gasteiger partial charge >= 0.3 is 0 Å². The van der Waals surface area contributed by atoms with Gasteiger partial charge in [0.1, 0.15) is 0 Å². The van der Waals surface area contributed by atoms with Crippen LogP contribution in [0.25, 0.3) is 6.08 Å². The van der Waals surface area contributed by atoms with Crippen LogP contribution in [0.1, 0.15) is 18.4 Å². The molecule has 21 heavy (non-hydrogen) atoms. The fourth-order valence-electron chi connectivity index (χ4n) is 2.49. The number of nitrogens with zero attached hydrogens (tertiary/aromatic N) is 2. The van der Waals surface area contributed by atoms with E-state index in [1.807, 2.05) is 12.1 Å². The van der Waals surface area contributed by atoms with E-state index in [9.17, 15) is 13.2 Å². The second kappa shape index (κ2) is 5.52. The molecule has 112 valence electrons. The van der Waals surface area contributed by atoms with Gasteiger partial charge in [0.2, 0.25) is 15.9 Å². The average Bonchev–Trinajstić information content (AvgIpc) is 2.75. The monoisotopic (exact) mass is 306 g/mol. The second-order valence-corrected chi connectivity index (χ2v) is 7.36. The van der Waals surface area contributed by atoms with Crippen LogP contribution in [0.15, 0.2) is 30.3 Å². The summed E-state index contributed by atoms with van der Waals surface area (Å²) in [7, 11) is -3.13. The summed E-state index contributed by atoms with van der Waals surface area (Å²) in [6.07, 6.45) is 5.09. The molecule has 0 aromatic heterocycles. The highest BCUT2D eigenvalue weighted by Crippen LogP contribution is 2.24. The van der Waals surface area contributed by atoms with Gasteiger partial charge in [0, 0.05) is 25.7 Å². The lowest BCUT2D eigenvalue weighted by Gasteiger charge is -2.29. The molecule has 2 aliphatic rings. The first kappa shape index (κ1) is 14.1. The minimum absolute atomic E-state index is 0.0347. The minimum atomic E-state index is -3.13. The van der Waals surface area contributed by atoms with Crippen LogP contribution in [0.2, 0.25) is 0 Å². The lowest BCUT2D eigenvalue weighted by Crippen LogP contribution is -2.40. The van der Waals surface area contributed by atoms with Gasteiger partial charge in [-0.05, 0) is 36.6 Å². The van der Waals surface area contributed by atoms with E-state index in [1.54, 1.807) is 29.2 Å². The van der Waals surface area contributed by atoms with Gasteiger partial charge in [-0.15, -0.1) is 0 Å². The number of carbonyl (C=O) groups excluding carboxylic acids is 1. The third kappa shape index (κ3) is 2.95. The summed E-state index contributed by atoms with van der Waals surface area (Å²) in [6.45, 7) is 2.23. The molecule has 0 unspecified atom stereocenters. The van der Waals surface area contributed by atoms with Crippen molar-refractivity contribution in [3.63, 3.8) is 0 Å². The van der Waals surface area contributed by atoms with E-state index in [0.717, 1.165) is 25.1 Å². The molecule has 0 saturated carbocycles. The van der Waals surface area contributed by atoms with E-state index in [-0.39, 0.29) is 11.7 Å². The quantitative estimate of drug-likeness (QED) is 0.795. The smallest absolute Gasteiger partial charge is 0.246 e. The topological polar surface area (TPSA) is 57.7 Å². The summed E-state index contributed by atoms with van der Waals surface area (Å²) in [5.41, 5.74) is 1.59. The molecule has 5 nitrogen and oxygen atoms in total. The van der Waals surface area contributed by atoms with Crippen LogP contribution in [-0.4, -0.2) is 44.6 Å². The number of carbonyl (C=O) groups is 1. The van der Waals surface area contributed by atoms with Gasteiger partial charge in [-0.3, -0.25) is 9.10 Å². The Morgan fingerprint density at radius 2 is 1.76 bits per heavy atom. The zero-order valence-electron chi connectivity index (χ0n) is 11.7. The Bertz CT molecular complexity index is 661. The van der Waals surface area contributed by atoms with Crippen LogP contribution in [0.4, 0.5) is 5.69 Å². The second-order valence-electron chi connectivity index (χ2n) is 5.35. The molecule has 0 bridgehead atoms. The first-order valence-corrected chi connectivity index (χ1v) is 8.75. The maximum Gasteiger partial charge on any atom is 0.246 e. The van der Waals surface area contributed by atoms with Crippen molar-refractivity contribution in [1.29, 1.82) is 0 Å². The number of sulfonamides is 1. The van der Waals surface area contributed by atoms with Crippen LogP contribution in [0.5, 0.6) is 0 Å². The molecule has 2 aliphatic heterocycles. The molecular weight excluding hydrogens is 288 g/mol. The maximum absolute atomic E-state index is 11.8. The Kier molecular flexibility index (Phi) is 3.71. The SMILES string of the molecule is O=C(C=Cc1ccc(N2CCCS2(=O)=O)cc1)N1CCC1. The predicted octanol–water partition coefficient (Wildman–Crippen LogP) is 1.47. The molecule has 3 rings (SSSR count). The molecule has 0 spiro atoms. The van der Waals surface area contributed by atoms with Gasteiger partial charge in [0.15, 0.2) is 0 Å². The van der Waals surface area contributed by atoms with Crippen molar-refractivity contribution in [2.45, 2.75) is 12.8 Å². The Labute approximate surface area is 124 Å². The van der Waals surface area contributed by atoms with Crippen molar-refractivity contribution in [3.05, 3.63) is 35.9 Å². The lowest BCUT2D eigenvalue weighted by molar-refractivity contribution is -0.129. The van der Waals surface area contributed by atoms with Gasteiger partial charge in [-0.2, -0.15) is 0 Å². The standard InChI is InChI=1S/C15H18N2O3S/c18-15(16-9-1-10-16)8-5-13-3-6-14(7-4-13)17-11-2-12-21(17,19)20/h3-8H,1-2,9-12H2. The largest absolute Gasteiger partial charge is 0.339 e. The van der Waals surface area contributed by atoms with Gasteiger partial charge in [-0.25, -0.2) is 8.42 Å². The molecule has 1 aromatic rings. The van der Waals surface area contributed by atoms with Crippen molar-refractivity contribution < 1.29 is 13.2 Å².